The summed E-state index contributed by atoms with van der Waals surface area (Å²) in [7, 11) is 0. The number of rotatable bonds is 2. The molecule has 0 aromatic heterocycles. The summed E-state index contributed by atoms with van der Waals surface area (Å²) in [6.07, 6.45) is 0.224. The average Bonchev–Trinajstić information content (AvgIpc) is 2.94. The molecule has 2 bridgehead atoms. The number of carbonyl (C=O) groups excluding carboxylic acids is 1. The molecule has 2 atom stereocenters. The van der Waals surface area contributed by atoms with Gasteiger partial charge in [0.05, 0.1) is 0 Å². The molecule has 3 aliphatic rings. The molecule has 0 aliphatic carbocycles. The van der Waals surface area contributed by atoms with E-state index in [2.05, 4.69) is 14.8 Å². The van der Waals surface area contributed by atoms with Crippen LogP contribution in [-0.4, -0.2) is 24.2 Å². The number of piperidine rings is 1. The SMILES string of the molecule is O=C(c1ccc2c(c1)OC(F)(F)O2)C1CC2CCC(C1)N2. The van der Waals surface area contributed by atoms with Crippen molar-refractivity contribution in [2.24, 2.45) is 5.92 Å². The van der Waals surface area contributed by atoms with E-state index in [0.717, 1.165) is 25.7 Å². The number of Topliss-reactive ketones (excluding diaryl/α,β-unsaturated/α-hetero) is 1. The monoisotopic (exact) mass is 295 g/mol. The Hall–Kier alpha value is -1.69. The van der Waals surface area contributed by atoms with Crippen molar-refractivity contribution in [1.29, 1.82) is 0 Å². The molecular weight excluding hydrogens is 280 g/mol. The van der Waals surface area contributed by atoms with Gasteiger partial charge in [0.25, 0.3) is 0 Å². The van der Waals surface area contributed by atoms with E-state index in [-0.39, 0.29) is 23.2 Å². The van der Waals surface area contributed by atoms with E-state index in [1.807, 2.05) is 0 Å². The molecule has 112 valence electrons. The molecule has 0 radical (unpaired) electrons. The van der Waals surface area contributed by atoms with Gasteiger partial charge in [-0.1, -0.05) is 0 Å². The second kappa shape index (κ2) is 4.40. The van der Waals surface area contributed by atoms with Crippen LogP contribution in [0.2, 0.25) is 0 Å². The van der Waals surface area contributed by atoms with Crippen LogP contribution in [0, 0.1) is 5.92 Å². The van der Waals surface area contributed by atoms with E-state index in [1.54, 1.807) is 0 Å². The fraction of sp³-hybridized carbons (Fsp3) is 0.533. The van der Waals surface area contributed by atoms with E-state index < -0.39 is 6.29 Å². The van der Waals surface area contributed by atoms with Crippen molar-refractivity contribution in [1.82, 2.24) is 5.32 Å². The Morgan fingerprint density at radius 1 is 1.14 bits per heavy atom. The normalized spacial score (nSPS) is 32.2. The highest BCUT2D eigenvalue weighted by Gasteiger charge is 2.44. The van der Waals surface area contributed by atoms with Gasteiger partial charge in [-0.25, -0.2) is 0 Å². The van der Waals surface area contributed by atoms with E-state index >= 15 is 0 Å². The number of fused-ring (bicyclic) bond motifs is 3. The summed E-state index contributed by atoms with van der Waals surface area (Å²) in [5.74, 6) is -0.121. The minimum absolute atomic E-state index is 0.00927. The molecule has 2 saturated heterocycles. The number of hydrogen-bond donors (Lipinski definition) is 1. The molecule has 1 aromatic rings. The maximum Gasteiger partial charge on any atom is 0.586 e. The van der Waals surface area contributed by atoms with Gasteiger partial charge in [-0.3, -0.25) is 4.79 Å². The van der Waals surface area contributed by atoms with Gasteiger partial charge in [0.1, 0.15) is 0 Å². The number of alkyl halides is 2. The molecule has 2 unspecified atom stereocenters. The highest BCUT2D eigenvalue weighted by molar-refractivity contribution is 5.98. The highest BCUT2D eigenvalue weighted by atomic mass is 19.3. The minimum Gasteiger partial charge on any atom is -0.395 e. The molecule has 6 heteroatoms. The van der Waals surface area contributed by atoms with Crippen molar-refractivity contribution in [2.45, 2.75) is 44.1 Å². The summed E-state index contributed by atoms with van der Waals surface area (Å²) >= 11 is 0. The summed E-state index contributed by atoms with van der Waals surface area (Å²) in [5.41, 5.74) is 0.418. The van der Waals surface area contributed by atoms with Crippen molar-refractivity contribution in [3.8, 4) is 11.5 Å². The Kier molecular flexibility index (Phi) is 2.73. The lowest BCUT2D eigenvalue weighted by Gasteiger charge is -2.28. The molecule has 0 amide bonds. The van der Waals surface area contributed by atoms with Crippen LogP contribution in [0.5, 0.6) is 11.5 Å². The van der Waals surface area contributed by atoms with Gasteiger partial charge in [0.15, 0.2) is 17.3 Å². The maximum absolute atomic E-state index is 13.0. The number of halogens is 2. The van der Waals surface area contributed by atoms with Crippen LogP contribution in [0.1, 0.15) is 36.0 Å². The molecule has 1 aromatic carbocycles. The number of benzene rings is 1. The smallest absolute Gasteiger partial charge is 0.395 e. The van der Waals surface area contributed by atoms with Crippen LogP contribution in [-0.2, 0) is 0 Å². The number of hydrogen-bond acceptors (Lipinski definition) is 4. The molecule has 4 rings (SSSR count). The lowest BCUT2D eigenvalue weighted by molar-refractivity contribution is -0.286. The summed E-state index contributed by atoms with van der Waals surface area (Å²) in [6, 6.07) is 5.10. The Bertz CT molecular complexity index is 593. The lowest BCUT2D eigenvalue weighted by atomic mass is 9.86. The first-order valence-corrected chi connectivity index (χ1v) is 7.20. The zero-order chi connectivity index (χ0) is 14.6. The van der Waals surface area contributed by atoms with Gasteiger partial charge in [0, 0.05) is 23.6 Å². The largest absolute Gasteiger partial charge is 0.586 e. The summed E-state index contributed by atoms with van der Waals surface area (Å²) < 4.78 is 34.7. The molecule has 2 fully saturated rings. The topological polar surface area (TPSA) is 47.6 Å². The molecule has 3 aliphatic heterocycles. The Balaban J connectivity index is 1.56. The predicted octanol–water partition coefficient (Wildman–Crippen LogP) is 2.72. The van der Waals surface area contributed by atoms with Crippen molar-refractivity contribution >= 4 is 5.78 Å². The Labute approximate surface area is 120 Å². The van der Waals surface area contributed by atoms with E-state index in [9.17, 15) is 13.6 Å². The second-order valence-corrected chi connectivity index (χ2v) is 6.00. The maximum atomic E-state index is 13.0. The number of nitrogens with one attached hydrogen (secondary N) is 1. The average molecular weight is 295 g/mol. The van der Waals surface area contributed by atoms with E-state index in [1.165, 1.54) is 18.2 Å². The van der Waals surface area contributed by atoms with Crippen molar-refractivity contribution < 1.29 is 23.0 Å². The molecule has 0 saturated carbocycles. The third-order valence-electron chi connectivity index (χ3n) is 4.53. The molecule has 1 N–H and O–H groups in total. The van der Waals surface area contributed by atoms with Crippen molar-refractivity contribution in [3.63, 3.8) is 0 Å². The fourth-order valence-corrected chi connectivity index (χ4v) is 3.61. The molecule has 0 spiro atoms. The Morgan fingerprint density at radius 3 is 2.52 bits per heavy atom. The second-order valence-electron chi connectivity index (χ2n) is 6.00. The molecule has 3 heterocycles. The zero-order valence-electron chi connectivity index (χ0n) is 11.3. The van der Waals surface area contributed by atoms with Gasteiger partial charge < -0.3 is 14.8 Å². The van der Waals surface area contributed by atoms with Crippen molar-refractivity contribution in [2.75, 3.05) is 0 Å². The first-order chi connectivity index (χ1) is 10.00. The number of ketones is 1. The van der Waals surface area contributed by atoms with Gasteiger partial charge in [-0.15, -0.1) is 8.78 Å². The van der Waals surface area contributed by atoms with E-state index in [0.29, 0.717) is 17.6 Å². The third-order valence-corrected chi connectivity index (χ3v) is 4.53. The summed E-state index contributed by atoms with van der Waals surface area (Å²) in [5, 5.41) is 3.48. The van der Waals surface area contributed by atoms with Crippen LogP contribution >= 0.6 is 0 Å². The quantitative estimate of drug-likeness (QED) is 0.852. The number of ether oxygens (including phenoxy) is 2. The van der Waals surface area contributed by atoms with Crippen LogP contribution in [0.25, 0.3) is 0 Å². The highest BCUT2D eigenvalue weighted by Crippen LogP contribution is 2.42. The van der Waals surface area contributed by atoms with Crippen LogP contribution in [0.3, 0.4) is 0 Å². The summed E-state index contributed by atoms with van der Waals surface area (Å²) in [6.45, 7) is 0. The lowest BCUT2D eigenvalue weighted by Crippen LogP contribution is -2.40. The summed E-state index contributed by atoms with van der Waals surface area (Å²) in [4.78, 5) is 12.6. The van der Waals surface area contributed by atoms with Crippen LogP contribution < -0.4 is 14.8 Å². The first-order valence-electron chi connectivity index (χ1n) is 7.20. The fourth-order valence-electron chi connectivity index (χ4n) is 3.61. The Morgan fingerprint density at radius 2 is 1.81 bits per heavy atom. The van der Waals surface area contributed by atoms with Crippen LogP contribution in [0.4, 0.5) is 8.78 Å². The molecule has 21 heavy (non-hydrogen) atoms. The first kappa shape index (κ1) is 13.0. The van der Waals surface area contributed by atoms with E-state index in [4.69, 9.17) is 0 Å². The van der Waals surface area contributed by atoms with Crippen molar-refractivity contribution in [3.05, 3.63) is 23.8 Å². The minimum atomic E-state index is -3.64. The zero-order valence-corrected chi connectivity index (χ0v) is 11.3. The van der Waals surface area contributed by atoms with Gasteiger partial charge in [-0.2, -0.15) is 0 Å². The standard InChI is InChI=1S/C15H15F2NO3/c16-15(17)20-12-4-1-8(7-13(12)21-15)14(19)9-5-10-2-3-11(6-9)18-10/h1,4,7,9-11,18H,2-3,5-6H2. The predicted molar refractivity (Wildman–Crippen MR) is 69.6 cm³/mol. The van der Waals surface area contributed by atoms with Gasteiger partial charge in [0.2, 0.25) is 0 Å². The number of carbonyl (C=O) groups is 1. The molecule has 4 nitrogen and oxygen atoms in total. The van der Waals surface area contributed by atoms with Gasteiger partial charge >= 0.3 is 6.29 Å². The van der Waals surface area contributed by atoms with Crippen LogP contribution in [0.15, 0.2) is 18.2 Å². The molecular formula is C15H15F2NO3. The third kappa shape index (κ3) is 2.27. The van der Waals surface area contributed by atoms with Gasteiger partial charge in [-0.05, 0) is 43.9 Å².